The molecule has 0 amide bonds. The van der Waals surface area contributed by atoms with Crippen molar-refractivity contribution in [3.63, 3.8) is 0 Å². The first kappa shape index (κ1) is 17.9. The zero-order valence-electron chi connectivity index (χ0n) is 15.5. The fourth-order valence-corrected chi connectivity index (χ4v) is 3.76. The minimum atomic E-state index is -0.194. The van der Waals surface area contributed by atoms with Crippen LogP contribution in [0.2, 0.25) is 0 Å². The number of benzene rings is 2. The largest absolute Gasteiger partial charge is 0.294 e. The Kier molecular flexibility index (Phi) is 5.70. The molecule has 0 aromatic heterocycles. The van der Waals surface area contributed by atoms with E-state index in [0.717, 1.165) is 17.7 Å². The molecule has 1 saturated heterocycles. The molecule has 2 aromatic carbocycles. The van der Waals surface area contributed by atoms with E-state index in [4.69, 9.17) is 0 Å². The monoisotopic (exact) mass is 337 g/mol. The molecule has 2 heteroatoms. The molecule has 1 nitrogen and oxygen atoms in total. The van der Waals surface area contributed by atoms with Gasteiger partial charge < -0.3 is 0 Å². The third-order valence-electron chi connectivity index (χ3n) is 5.50. The van der Waals surface area contributed by atoms with Crippen LogP contribution in [0.5, 0.6) is 0 Å². The van der Waals surface area contributed by atoms with Crippen molar-refractivity contribution < 1.29 is 4.39 Å². The second-order valence-corrected chi connectivity index (χ2v) is 7.30. The number of likely N-dealkylation sites (tertiary alicyclic amines) is 1. The van der Waals surface area contributed by atoms with Gasteiger partial charge in [0.05, 0.1) is 0 Å². The molecule has 0 aliphatic carbocycles. The topological polar surface area (TPSA) is 3.24 Å². The SMILES string of the molecule is C/C(=C/CN1C(C)CCCC1C)c1ccc(-c2ccc(F)cc2)cc1. The molecule has 3 rings (SSSR count). The lowest BCUT2D eigenvalue weighted by Gasteiger charge is -2.38. The lowest BCUT2D eigenvalue weighted by molar-refractivity contribution is 0.119. The van der Waals surface area contributed by atoms with Crippen molar-refractivity contribution in [1.29, 1.82) is 0 Å². The normalized spacial score (nSPS) is 22.2. The summed E-state index contributed by atoms with van der Waals surface area (Å²) in [5, 5.41) is 0. The van der Waals surface area contributed by atoms with E-state index in [9.17, 15) is 4.39 Å². The third kappa shape index (κ3) is 4.38. The van der Waals surface area contributed by atoms with Gasteiger partial charge in [-0.3, -0.25) is 4.90 Å². The average Bonchev–Trinajstić information content (AvgIpc) is 2.62. The molecule has 1 heterocycles. The molecule has 132 valence electrons. The molecule has 2 aromatic rings. The fourth-order valence-electron chi connectivity index (χ4n) is 3.76. The first-order valence-electron chi connectivity index (χ1n) is 9.33. The van der Waals surface area contributed by atoms with Crippen LogP contribution in [-0.2, 0) is 0 Å². The van der Waals surface area contributed by atoms with Crippen molar-refractivity contribution in [3.05, 3.63) is 66.0 Å². The zero-order chi connectivity index (χ0) is 17.8. The van der Waals surface area contributed by atoms with Gasteiger partial charge >= 0.3 is 0 Å². The molecule has 0 bridgehead atoms. The van der Waals surface area contributed by atoms with Gasteiger partial charge in [-0.2, -0.15) is 0 Å². The number of hydrogen-bond donors (Lipinski definition) is 0. The van der Waals surface area contributed by atoms with Crippen molar-refractivity contribution in [3.8, 4) is 11.1 Å². The van der Waals surface area contributed by atoms with E-state index in [-0.39, 0.29) is 5.82 Å². The first-order valence-corrected chi connectivity index (χ1v) is 9.33. The maximum Gasteiger partial charge on any atom is 0.123 e. The van der Waals surface area contributed by atoms with Gasteiger partial charge in [0.25, 0.3) is 0 Å². The van der Waals surface area contributed by atoms with Crippen LogP contribution in [0.25, 0.3) is 16.7 Å². The van der Waals surface area contributed by atoms with E-state index in [0.29, 0.717) is 12.1 Å². The Morgan fingerprint density at radius 3 is 2.04 bits per heavy atom. The van der Waals surface area contributed by atoms with Gasteiger partial charge in [-0.05, 0) is 68.0 Å². The van der Waals surface area contributed by atoms with Gasteiger partial charge in [0.2, 0.25) is 0 Å². The van der Waals surface area contributed by atoms with Crippen LogP contribution in [0, 0.1) is 5.82 Å². The van der Waals surface area contributed by atoms with Crippen LogP contribution in [0.15, 0.2) is 54.6 Å². The predicted octanol–water partition coefficient (Wildman–Crippen LogP) is 6.16. The van der Waals surface area contributed by atoms with Crippen molar-refractivity contribution >= 4 is 5.57 Å². The summed E-state index contributed by atoms with van der Waals surface area (Å²) in [6.07, 6.45) is 6.32. The molecule has 2 atom stereocenters. The molecule has 0 radical (unpaired) electrons. The highest BCUT2D eigenvalue weighted by Crippen LogP contribution is 2.25. The smallest absolute Gasteiger partial charge is 0.123 e. The first-order chi connectivity index (χ1) is 12.0. The highest BCUT2D eigenvalue weighted by Gasteiger charge is 2.23. The summed E-state index contributed by atoms with van der Waals surface area (Å²) in [6.45, 7) is 7.90. The molecular formula is C23H28FN. The Bertz CT molecular complexity index is 705. The Morgan fingerprint density at radius 1 is 0.960 bits per heavy atom. The van der Waals surface area contributed by atoms with Gasteiger partial charge in [-0.25, -0.2) is 4.39 Å². The quantitative estimate of drug-likeness (QED) is 0.646. The summed E-state index contributed by atoms with van der Waals surface area (Å²) in [6, 6.07) is 16.6. The number of allylic oxidation sites excluding steroid dienone is 1. The molecule has 1 fully saturated rings. The average molecular weight is 337 g/mol. The Balaban J connectivity index is 1.69. The second-order valence-electron chi connectivity index (χ2n) is 7.30. The summed E-state index contributed by atoms with van der Waals surface area (Å²) in [5.41, 5.74) is 4.74. The van der Waals surface area contributed by atoms with Gasteiger partial charge in [0, 0.05) is 18.6 Å². The van der Waals surface area contributed by atoms with Crippen LogP contribution in [0.1, 0.15) is 45.6 Å². The van der Waals surface area contributed by atoms with Crippen molar-refractivity contribution in [2.75, 3.05) is 6.54 Å². The Hall–Kier alpha value is -1.93. The van der Waals surface area contributed by atoms with Crippen molar-refractivity contribution in [1.82, 2.24) is 4.90 Å². The third-order valence-corrected chi connectivity index (χ3v) is 5.50. The van der Waals surface area contributed by atoms with E-state index in [1.807, 2.05) is 12.1 Å². The zero-order valence-corrected chi connectivity index (χ0v) is 15.5. The molecule has 0 spiro atoms. The maximum absolute atomic E-state index is 13.1. The van der Waals surface area contributed by atoms with E-state index >= 15 is 0 Å². The van der Waals surface area contributed by atoms with E-state index in [1.165, 1.54) is 42.5 Å². The molecule has 2 unspecified atom stereocenters. The molecule has 0 saturated carbocycles. The van der Waals surface area contributed by atoms with Crippen LogP contribution in [-0.4, -0.2) is 23.5 Å². The number of halogens is 1. The van der Waals surface area contributed by atoms with E-state index in [2.05, 4.69) is 56.0 Å². The number of piperidine rings is 1. The number of nitrogens with zero attached hydrogens (tertiary/aromatic N) is 1. The summed E-state index contributed by atoms with van der Waals surface area (Å²) in [7, 11) is 0. The lowest BCUT2D eigenvalue weighted by atomic mass is 9.97. The summed E-state index contributed by atoms with van der Waals surface area (Å²) >= 11 is 0. The predicted molar refractivity (Wildman–Crippen MR) is 105 cm³/mol. The van der Waals surface area contributed by atoms with Crippen LogP contribution < -0.4 is 0 Å². The van der Waals surface area contributed by atoms with Crippen LogP contribution in [0.3, 0.4) is 0 Å². The molecule has 1 aliphatic rings. The van der Waals surface area contributed by atoms with Crippen LogP contribution >= 0.6 is 0 Å². The molecular weight excluding hydrogens is 309 g/mol. The minimum Gasteiger partial charge on any atom is -0.294 e. The number of rotatable bonds is 4. The summed E-state index contributed by atoms with van der Waals surface area (Å²) in [5.74, 6) is -0.194. The molecule has 0 N–H and O–H groups in total. The van der Waals surface area contributed by atoms with Crippen molar-refractivity contribution in [2.45, 2.75) is 52.1 Å². The lowest BCUT2D eigenvalue weighted by Crippen LogP contribution is -2.43. The highest BCUT2D eigenvalue weighted by atomic mass is 19.1. The van der Waals surface area contributed by atoms with Gasteiger partial charge in [-0.15, -0.1) is 0 Å². The minimum absolute atomic E-state index is 0.194. The Labute approximate surface area is 151 Å². The molecule has 25 heavy (non-hydrogen) atoms. The summed E-state index contributed by atoms with van der Waals surface area (Å²) in [4.78, 5) is 2.61. The number of hydrogen-bond acceptors (Lipinski definition) is 1. The van der Waals surface area contributed by atoms with Crippen LogP contribution in [0.4, 0.5) is 4.39 Å². The van der Waals surface area contributed by atoms with E-state index in [1.54, 1.807) is 0 Å². The van der Waals surface area contributed by atoms with Crippen molar-refractivity contribution in [2.24, 2.45) is 0 Å². The highest BCUT2D eigenvalue weighted by molar-refractivity contribution is 5.69. The van der Waals surface area contributed by atoms with Gasteiger partial charge in [0.15, 0.2) is 0 Å². The van der Waals surface area contributed by atoms with Gasteiger partial charge in [-0.1, -0.05) is 48.9 Å². The molecule has 1 aliphatic heterocycles. The standard InChI is InChI=1S/C23H28FN/c1-17(15-16-25-18(2)5-4-6-19(25)3)20-7-9-21(10-8-20)22-11-13-23(24)14-12-22/h7-15,18-19H,4-6,16H2,1-3H3/b17-15-. The van der Waals surface area contributed by atoms with Gasteiger partial charge in [0.1, 0.15) is 5.82 Å². The van der Waals surface area contributed by atoms with E-state index < -0.39 is 0 Å². The maximum atomic E-state index is 13.1. The fraction of sp³-hybridized carbons (Fsp3) is 0.391. The Morgan fingerprint density at radius 2 is 1.48 bits per heavy atom. The second kappa shape index (κ2) is 7.97. The summed E-state index contributed by atoms with van der Waals surface area (Å²) < 4.78 is 13.1.